The third-order valence-electron chi connectivity index (χ3n) is 4.13. The summed E-state index contributed by atoms with van der Waals surface area (Å²) in [4.78, 5) is 37.7. The molecule has 1 amide bonds. The number of hydrogen-bond acceptors (Lipinski definition) is 6. The number of piperidine rings is 1. The molecule has 0 radical (unpaired) electrons. The summed E-state index contributed by atoms with van der Waals surface area (Å²) in [6.45, 7) is 0.462. The number of carbonyl (C=O) groups is 3. The summed E-state index contributed by atoms with van der Waals surface area (Å²) in [5.41, 5.74) is 0.195. The third-order valence-corrected chi connectivity index (χ3v) is 5.10. The summed E-state index contributed by atoms with van der Waals surface area (Å²) in [7, 11) is 0.0185. The number of ether oxygens (including phenoxy) is 2. The largest absolute Gasteiger partial charge is 0.469 e. The smallest absolute Gasteiger partial charge is 0.339 e. The minimum Gasteiger partial charge on any atom is -0.469 e. The van der Waals surface area contributed by atoms with Gasteiger partial charge in [0.2, 0.25) is 0 Å². The fourth-order valence-electron chi connectivity index (χ4n) is 2.71. The highest BCUT2D eigenvalue weighted by Gasteiger charge is 2.28. The maximum Gasteiger partial charge on any atom is 0.339 e. The van der Waals surface area contributed by atoms with Crippen molar-refractivity contribution in [3.63, 3.8) is 0 Å². The van der Waals surface area contributed by atoms with E-state index in [1.807, 2.05) is 0 Å². The Morgan fingerprint density at radius 2 is 1.84 bits per heavy atom. The van der Waals surface area contributed by atoms with Crippen molar-refractivity contribution in [3.8, 4) is 0 Å². The van der Waals surface area contributed by atoms with E-state index in [9.17, 15) is 18.6 Å². The van der Waals surface area contributed by atoms with E-state index < -0.39 is 16.8 Å². The molecule has 1 heterocycles. The Bertz CT molecular complexity index is 681. The molecule has 0 aliphatic carbocycles. The van der Waals surface area contributed by atoms with Crippen LogP contribution < -0.4 is 0 Å². The molecular weight excluding hydrogens is 346 g/mol. The predicted octanol–water partition coefficient (Wildman–Crippen LogP) is 0.992. The zero-order valence-corrected chi connectivity index (χ0v) is 15.0. The molecule has 8 heteroatoms. The molecule has 7 nitrogen and oxygen atoms in total. The Hall–Kier alpha value is -2.22. The second-order valence-corrected chi connectivity index (χ2v) is 7.05. The van der Waals surface area contributed by atoms with Crippen LogP contribution in [0.15, 0.2) is 29.2 Å². The monoisotopic (exact) mass is 367 g/mol. The number of benzene rings is 1. The van der Waals surface area contributed by atoms with Gasteiger partial charge in [-0.2, -0.15) is 0 Å². The average Bonchev–Trinajstić information content (AvgIpc) is 2.65. The van der Waals surface area contributed by atoms with Crippen LogP contribution in [0.1, 0.15) is 23.2 Å². The Kier molecular flexibility index (Phi) is 6.69. The second kappa shape index (κ2) is 8.75. The molecule has 1 aromatic rings. The summed E-state index contributed by atoms with van der Waals surface area (Å²) in [6, 6.07) is 6.44. The molecule has 0 unspecified atom stereocenters. The first-order valence-electron chi connectivity index (χ1n) is 7.89. The molecular formula is C17H21NO6S. The van der Waals surface area contributed by atoms with Gasteiger partial charge in [0.15, 0.2) is 6.61 Å². The first-order chi connectivity index (χ1) is 11.9. The van der Waals surface area contributed by atoms with Crippen LogP contribution in [0.2, 0.25) is 0 Å². The van der Waals surface area contributed by atoms with Gasteiger partial charge in [-0.25, -0.2) is 4.79 Å². The topological polar surface area (TPSA) is 90.0 Å². The minimum atomic E-state index is -1.33. The van der Waals surface area contributed by atoms with E-state index in [-0.39, 0.29) is 30.0 Å². The predicted molar refractivity (Wildman–Crippen MR) is 90.4 cm³/mol. The quantitative estimate of drug-likeness (QED) is 0.721. The number of rotatable bonds is 5. The second-order valence-electron chi connectivity index (χ2n) is 5.70. The van der Waals surface area contributed by atoms with Crippen molar-refractivity contribution < 1.29 is 28.1 Å². The number of hydrogen-bond donors (Lipinski definition) is 0. The molecule has 1 saturated heterocycles. The Labute approximate surface area is 148 Å². The molecule has 1 aromatic carbocycles. The Morgan fingerprint density at radius 1 is 1.20 bits per heavy atom. The summed E-state index contributed by atoms with van der Waals surface area (Å²) in [5, 5.41) is 0. The molecule has 2 rings (SSSR count). The lowest BCUT2D eigenvalue weighted by molar-refractivity contribution is -0.149. The molecule has 1 aliphatic rings. The maximum atomic E-state index is 12.2. The van der Waals surface area contributed by atoms with Crippen LogP contribution in [0.25, 0.3) is 0 Å². The van der Waals surface area contributed by atoms with Gasteiger partial charge in [0.05, 0.1) is 34.3 Å². The lowest BCUT2D eigenvalue weighted by Crippen LogP contribution is -2.42. The van der Waals surface area contributed by atoms with Gasteiger partial charge < -0.3 is 14.4 Å². The maximum absolute atomic E-state index is 12.2. The van der Waals surface area contributed by atoms with Crippen LogP contribution >= 0.6 is 0 Å². The van der Waals surface area contributed by atoms with E-state index >= 15 is 0 Å². The van der Waals surface area contributed by atoms with Crippen molar-refractivity contribution in [2.45, 2.75) is 17.7 Å². The highest BCUT2D eigenvalue weighted by atomic mass is 32.2. The van der Waals surface area contributed by atoms with Crippen molar-refractivity contribution in [2.75, 3.05) is 33.1 Å². The lowest BCUT2D eigenvalue weighted by Gasteiger charge is -2.30. The molecule has 136 valence electrons. The van der Waals surface area contributed by atoms with E-state index in [4.69, 9.17) is 9.47 Å². The van der Waals surface area contributed by atoms with Crippen LogP contribution in [0.4, 0.5) is 0 Å². The van der Waals surface area contributed by atoms with Crippen LogP contribution in [0, 0.1) is 5.92 Å². The molecule has 0 N–H and O–H groups in total. The van der Waals surface area contributed by atoms with Crippen LogP contribution in [0.3, 0.4) is 0 Å². The van der Waals surface area contributed by atoms with E-state index in [0.717, 1.165) is 0 Å². The van der Waals surface area contributed by atoms with Gasteiger partial charge in [0, 0.05) is 19.3 Å². The molecule has 1 fully saturated rings. The van der Waals surface area contributed by atoms with E-state index in [1.165, 1.54) is 19.4 Å². The zero-order valence-electron chi connectivity index (χ0n) is 14.2. The molecule has 0 aromatic heterocycles. The van der Waals surface area contributed by atoms with Crippen molar-refractivity contribution in [2.24, 2.45) is 5.92 Å². The normalized spacial score (nSPS) is 16.2. The van der Waals surface area contributed by atoms with Crippen molar-refractivity contribution >= 4 is 28.6 Å². The molecule has 0 saturated carbocycles. The number of carbonyl (C=O) groups excluding carboxylic acids is 3. The summed E-state index contributed by atoms with van der Waals surface area (Å²) in [5.74, 6) is -1.44. The Morgan fingerprint density at radius 3 is 2.44 bits per heavy atom. The molecule has 0 bridgehead atoms. The first-order valence-corrected chi connectivity index (χ1v) is 9.45. The van der Waals surface area contributed by atoms with Crippen molar-refractivity contribution in [1.82, 2.24) is 4.90 Å². The molecule has 0 spiro atoms. The molecule has 1 aliphatic heterocycles. The van der Waals surface area contributed by atoms with Crippen LogP contribution in [-0.4, -0.2) is 60.0 Å². The summed E-state index contributed by atoms with van der Waals surface area (Å²) in [6.07, 6.45) is 2.54. The number of methoxy groups -OCH3 is 1. The van der Waals surface area contributed by atoms with Crippen molar-refractivity contribution in [1.29, 1.82) is 0 Å². The number of nitrogens with zero attached hydrogens (tertiary/aromatic N) is 1. The molecule has 25 heavy (non-hydrogen) atoms. The minimum absolute atomic E-state index is 0.192. The number of likely N-dealkylation sites (tertiary alicyclic amines) is 1. The van der Waals surface area contributed by atoms with E-state index in [0.29, 0.717) is 30.8 Å². The lowest BCUT2D eigenvalue weighted by atomic mass is 9.97. The highest BCUT2D eigenvalue weighted by Crippen LogP contribution is 2.19. The van der Waals surface area contributed by atoms with Crippen LogP contribution in [-0.2, 0) is 29.9 Å². The van der Waals surface area contributed by atoms with Crippen LogP contribution in [0.5, 0.6) is 0 Å². The average molecular weight is 367 g/mol. The van der Waals surface area contributed by atoms with Gasteiger partial charge in [-0.15, -0.1) is 0 Å². The van der Waals surface area contributed by atoms with Gasteiger partial charge in [-0.05, 0) is 25.0 Å². The third kappa shape index (κ3) is 4.88. The SMILES string of the molecule is COC(=O)C1CCN(C(=O)COC(=O)c2ccccc2[S@](C)=O)CC1. The van der Waals surface area contributed by atoms with Gasteiger partial charge in [0.25, 0.3) is 5.91 Å². The fourth-order valence-corrected chi connectivity index (χ4v) is 3.44. The summed E-state index contributed by atoms with van der Waals surface area (Å²) >= 11 is 0. The number of amides is 1. The van der Waals surface area contributed by atoms with Gasteiger partial charge in [0.1, 0.15) is 0 Å². The number of esters is 2. The standard InChI is InChI=1S/C17H21NO6S/c1-23-16(20)12-7-9-18(10-8-12)15(19)11-24-17(21)13-5-3-4-6-14(13)25(2)22/h3-6,12H,7-11H2,1-2H3/t25-/m0/s1. The zero-order chi connectivity index (χ0) is 18.4. The Balaban J connectivity index is 1.88. The highest BCUT2D eigenvalue weighted by molar-refractivity contribution is 7.84. The van der Waals surface area contributed by atoms with Crippen molar-refractivity contribution in [3.05, 3.63) is 29.8 Å². The van der Waals surface area contributed by atoms with Gasteiger partial charge in [-0.3, -0.25) is 13.8 Å². The molecule has 1 atom stereocenters. The van der Waals surface area contributed by atoms with Gasteiger partial charge in [-0.1, -0.05) is 12.1 Å². The fraction of sp³-hybridized carbons (Fsp3) is 0.471. The van der Waals surface area contributed by atoms with Gasteiger partial charge >= 0.3 is 11.9 Å². The summed E-state index contributed by atoms with van der Waals surface area (Å²) < 4.78 is 21.4. The van der Waals surface area contributed by atoms with E-state index in [1.54, 1.807) is 23.1 Å². The van der Waals surface area contributed by atoms with E-state index in [2.05, 4.69) is 0 Å². The first kappa shape index (κ1) is 19.1.